The molecule has 0 unspecified atom stereocenters. The van der Waals surface area contributed by atoms with Crippen LogP contribution in [0.4, 0.5) is 0 Å². The van der Waals surface area contributed by atoms with Crippen molar-refractivity contribution < 1.29 is 0 Å². The zero-order valence-electron chi connectivity index (χ0n) is 70.1. The summed E-state index contributed by atoms with van der Waals surface area (Å²) in [4.78, 5) is 86.7. The van der Waals surface area contributed by atoms with Crippen LogP contribution < -0.4 is 0 Å². The number of hydrogen-bond donors (Lipinski definition) is 2. The first-order valence-electron chi connectivity index (χ1n) is 44.9. The molecule has 0 fully saturated rings. The Hall–Kier alpha value is -3.52. The Balaban J connectivity index is 1.32. The molecule has 618 valence electrons. The van der Waals surface area contributed by atoms with Gasteiger partial charge in [-0.25, -0.2) is 69.8 Å². The van der Waals surface area contributed by atoms with Gasteiger partial charge in [-0.3, -0.25) is 0 Å². The number of nitrogens with one attached hydrogen (secondary N) is 2. The number of rotatable bonds is 64. The lowest BCUT2D eigenvalue weighted by molar-refractivity contribution is 0.626. The van der Waals surface area contributed by atoms with Crippen LogP contribution in [0.25, 0.3) is 90.7 Å². The third kappa shape index (κ3) is 30.7. The molecule has 0 spiro atoms. The summed E-state index contributed by atoms with van der Waals surface area (Å²) in [6.07, 6.45) is 58.7. The van der Waals surface area contributed by atoms with Gasteiger partial charge in [-0.2, -0.15) is 0 Å². The Morgan fingerprint density at radius 3 is 0.464 bits per heavy atom. The molecule has 7 aromatic rings. The predicted molar refractivity (Wildman–Crippen MR) is 491 cm³/mol. The Morgan fingerprint density at radius 2 is 0.304 bits per heavy atom. The number of thioether (sulfide) groups is 8. The number of unbranched alkanes of at least 4 members (excludes halogenated alkanes) is 40. The lowest BCUT2D eigenvalue weighted by Crippen LogP contribution is -1.98. The summed E-state index contributed by atoms with van der Waals surface area (Å²) in [6, 6.07) is 0. The fraction of sp³-hybridized carbons (Fsp3) is 0.727. The van der Waals surface area contributed by atoms with Gasteiger partial charge in [-0.15, -0.1) is 94.1 Å². The van der Waals surface area contributed by atoms with E-state index in [1.807, 2.05) is 94.1 Å². The molecular formula is C88H138N16S8. The molecule has 0 radical (unpaired) electrons. The van der Waals surface area contributed by atoms with Gasteiger partial charge in [-0.1, -0.05) is 312 Å². The van der Waals surface area contributed by atoms with Crippen molar-refractivity contribution in [2.75, 3.05) is 46.0 Å². The van der Waals surface area contributed by atoms with E-state index < -0.39 is 0 Å². The van der Waals surface area contributed by atoms with Crippen molar-refractivity contribution in [1.29, 1.82) is 0 Å². The zero-order chi connectivity index (χ0) is 78.4. The summed E-state index contributed by atoms with van der Waals surface area (Å²) in [5.74, 6) is 9.19. The van der Waals surface area contributed by atoms with E-state index >= 15 is 0 Å². The highest BCUT2D eigenvalue weighted by Crippen LogP contribution is 2.43. The molecule has 9 rings (SSSR count). The summed E-state index contributed by atoms with van der Waals surface area (Å²) in [5, 5.41) is 7.36. The quantitative estimate of drug-likeness (QED) is 0.0268. The van der Waals surface area contributed by atoms with Gasteiger partial charge in [-0.05, 0) is 97.4 Å². The molecular weight excluding hydrogens is 1540 g/mol. The highest BCUT2D eigenvalue weighted by molar-refractivity contribution is 8.03. The fourth-order valence-electron chi connectivity index (χ4n) is 14.0. The van der Waals surface area contributed by atoms with Crippen LogP contribution in [-0.4, -0.2) is 126 Å². The minimum atomic E-state index is 0.403. The van der Waals surface area contributed by atoms with E-state index in [9.17, 15) is 0 Å². The number of fused-ring (bicyclic) bond motifs is 20. The van der Waals surface area contributed by atoms with Crippen molar-refractivity contribution in [2.24, 2.45) is 0 Å². The molecule has 0 amide bonds. The normalized spacial score (nSPS) is 12.1. The van der Waals surface area contributed by atoms with Crippen LogP contribution in [0.5, 0.6) is 0 Å². The molecule has 9 heterocycles. The molecule has 0 saturated heterocycles. The van der Waals surface area contributed by atoms with Gasteiger partial charge in [0.1, 0.15) is 85.1 Å². The van der Waals surface area contributed by atoms with Crippen molar-refractivity contribution in [3.8, 4) is 46.1 Å². The summed E-state index contributed by atoms with van der Waals surface area (Å²) < 4.78 is 0. The number of aromatic nitrogens is 16. The van der Waals surface area contributed by atoms with E-state index in [-0.39, 0.29) is 0 Å². The molecule has 16 nitrogen and oxygen atoms in total. The summed E-state index contributed by atoms with van der Waals surface area (Å²) in [6.45, 7) is 18.3. The van der Waals surface area contributed by atoms with E-state index in [0.717, 1.165) is 138 Å². The van der Waals surface area contributed by atoms with Crippen molar-refractivity contribution >= 4 is 139 Å². The predicted octanol–water partition coefficient (Wildman–Crippen LogP) is 29.7. The minimum absolute atomic E-state index is 0.403. The van der Waals surface area contributed by atoms with Crippen LogP contribution >= 0.6 is 94.1 Å². The van der Waals surface area contributed by atoms with Crippen LogP contribution in [0.2, 0.25) is 0 Å². The summed E-state index contributed by atoms with van der Waals surface area (Å²) in [5.41, 5.74) is 6.78. The van der Waals surface area contributed by atoms with E-state index in [4.69, 9.17) is 69.8 Å². The van der Waals surface area contributed by atoms with E-state index in [2.05, 4.69) is 65.4 Å². The summed E-state index contributed by atoms with van der Waals surface area (Å²) in [7, 11) is 0. The van der Waals surface area contributed by atoms with E-state index in [1.54, 1.807) is 0 Å². The molecule has 7 aromatic heterocycles. The molecule has 0 saturated carbocycles. The third-order valence-electron chi connectivity index (χ3n) is 20.7. The molecule has 112 heavy (non-hydrogen) atoms. The topological polar surface area (TPSA) is 212 Å². The molecule has 2 aliphatic heterocycles. The van der Waals surface area contributed by atoms with Gasteiger partial charge in [0.2, 0.25) is 0 Å². The van der Waals surface area contributed by atoms with Crippen molar-refractivity contribution in [3.63, 3.8) is 0 Å². The standard InChI is InChI=1S/C88H138N16S8/c1-9-17-25-33-41-49-57-105-81-82(106-58-50-42-34-26-18-10-2)90-66-65(89-81)73-97-74(66)102-76-69-70(94-86(110-62-54-46-38-30-22-14-6)85(93-69)109-61-53-45-37-29-21-13-5)78(99-76)104-80-72-71(95-87(111-63-55-47-39-31-23-15-7)88(96-72)112-64-56-48-40-32-24-16-8)79(100-80)103-77-68-67(75(98-77)101-73)91-83(107-59-51-43-35-27-19-11-3)84(92-68)108-60-52-44-36-28-20-12-4/h9-64H2,1-8H3,(H2,97,98,99,100,101,102,103,104). The van der Waals surface area contributed by atoms with Gasteiger partial charge in [0, 0.05) is 0 Å². The maximum absolute atomic E-state index is 5.70. The second-order valence-corrected chi connectivity index (χ2v) is 39.3. The van der Waals surface area contributed by atoms with Gasteiger partial charge in [0.15, 0.2) is 45.9 Å². The first-order chi connectivity index (χ1) is 55.3. The SMILES string of the molecule is CCCCCCCCSc1nc2c(nc1SCCCCCCCC)-c1nc-2nc2[nH]c(nc3nc(nc4[nH]c(n1)c1nc(SCCCCCCCC)c(SCCCCCCCC)nc41)-c1nc(SCCCCCCCC)c(SCCCCCCCC)nc1-3)c1nc(SCCCCCCCC)c(SCCCCCCCC)nc21. The van der Waals surface area contributed by atoms with E-state index in [1.165, 1.54) is 257 Å². The number of H-pyrrole nitrogens is 2. The van der Waals surface area contributed by atoms with Gasteiger partial charge >= 0.3 is 0 Å². The largest absolute Gasteiger partial charge is 0.321 e. The van der Waals surface area contributed by atoms with Crippen LogP contribution in [0, 0.1) is 0 Å². The average molecular weight is 1680 g/mol. The maximum Gasteiger partial charge on any atom is 0.184 e. The molecule has 0 aliphatic carbocycles. The van der Waals surface area contributed by atoms with Gasteiger partial charge in [0.05, 0.1) is 0 Å². The Bertz CT molecular complexity index is 3520. The van der Waals surface area contributed by atoms with E-state index in [0.29, 0.717) is 90.7 Å². The van der Waals surface area contributed by atoms with Crippen LogP contribution in [0.1, 0.15) is 364 Å². The number of nitrogens with zero attached hydrogens (tertiary/aromatic N) is 14. The Kier molecular flexibility index (Phi) is 45.6. The second-order valence-electron chi connectivity index (χ2n) is 30.7. The van der Waals surface area contributed by atoms with Crippen LogP contribution in [0.3, 0.4) is 0 Å². The molecule has 0 aromatic carbocycles. The number of hydrogen-bond acceptors (Lipinski definition) is 22. The highest BCUT2D eigenvalue weighted by atomic mass is 32.2. The van der Waals surface area contributed by atoms with Crippen LogP contribution in [0.15, 0.2) is 40.2 Å². The second kappa shape index (κ2) is 55.3. The maximum atomic E-state index is 5.70. The first-order valence-corrected chi connectivity index (χ1v) is 52.7. The molecule has 2 aliphatic rings. The van der Waals surface area contributed by atoms with Crippen molar-refractivity contribution in [1.82, 2.24) is 79.7 Å². The zero-order valence-corrected chi connectivity index (χ0v) is 76.7. The molecule has 8 bridgehead atoms. The highest BCUT2D eigenvalue weighted by Gasteiger charge is 2.31. The lowest BCUT2D eigenvalue weighted by Gasteiger charge is -2.10. The van der Waals surface area contributed by atoms with Gasteiger partial charge < -0.3 is 9.97 Å². The van der Waals surface area contributed by atoms with Crippen molar-refractivity contribution in [2.45, 2.75) is 404 Å². The fourth-order valence-corrected chi connectivity index (χ4v) is 22.3. The first kappa shape index (κ1) is 92.4. The Labute approximate surface area is 708 Å². The molecule has 24 heteroatoms. The molecule has 2 N–H and O–H groups in total. The average Bonchev–Trinajstić information content (AvgIpc) is 1.59. The monoisotopic (exact) mass is 1670 g/mol. The molecule has 0 atom stereocenters. The van der Waals surface area contributed by atoms with Gasteiger partial charge in [0.25, 0.3) is 0 Å². The summed E-state index contributed by atoms with van der Waals surface area (Å²) >= 11 is 14.6. The smallest absolute Gasteiger partial charge is 0.184 e. The van der Waals surface area contributed by atoms with Crippen LogP contribution in [-0.2, 0) is 0 Å². The Morgan fingerprint density at radius 1 is 0.161 bits per heavy atom. The lowest BCUT2D eigenvalue weighted by atomic mass is 10.1. The minimum Gasteiger partial charge on any atom is -0.321 e. The third-order valence-corrected chi connectivity index (χ3v) is 29.7. The van der Waals surface area contributed by atoms with Crippen molar-refractivity contribution in [3.05, 3.63) is 0 Å². The number of aromatic amines is 2.